The van der Waals surface area contributed by atoms with E-state index in [9.17, 15) is 15.3 Å². The standard InChI is InChI=1S/C21H22ClN5O4/c22-20-24-17(26-8-21(9-26)6-5-11-3-1-2-4-12(11)21)14-18(25-20)27(10-23-14)19-16(30)15(29)13(7-28)31-19/h1-4,10,13,15-16,19,28-30H,5-9H2/t13-,15-,16-,19-/m1/s1. The fraction of sp³-hybridized carbons (Fsp3) is 0.476. The number of rotatable bonds is 3. The molecule has 2 saturated heterocycles. The van der Waals surface area contributed by atoms with E-state index in [0.717, 1.165) is 25.9 Å². The predicted molar refractivity (Wildman–Crippen MR) is 112 cm³/mol. The molecule has 0 radical (unpaired) electrons. The zero-order chi connectivity index (χ0) is 21.3. The third-order valence-electron chi connectivity index (χ3n) is 6.92. The summed E-state index contributed by atoms with van der Waals surface area (Å²) in [6, 6.07) is 8.61. The van der Waals surface area contributed by atoms with Gasteiger partial charge in [-0.3, -0.25) is 4.57 Å². The molecule has 0 saturated carbocycles. The van der Waals surface area contributed by atoms with Crippen LogP contribution in [0.25, 0.3) is 11.2 Å². The maximum absolute atomic E-state index is 10.4. The highest BCUT2D eigenvalue weighted by Gasteiger charge is 2.49. The van der Waals surface area contributed by atoms with Gasteiger partial charge in [-0.05, 0) is 35.6 Å². The maximum atomic E-state index is 10.4. The van der Waals surface area contributed by atoms with E-state index in [0.29, 0.717) is 17.0 Å². The van der Waals surface area contributed by atoms with Crippen molar-refractivity contribution in [2.45, 2.75) is 42.8 Å². The summed E-state index contributed by atoms with van der Waals surface area (Å²) in [6.07, 6.45) is -0.547. The summed E-state index contributed by atoms with van der Waals surface area (Å²) in [5, 5.41) is 30.0. The molecule has 3 aliphatic rings. The molecular formula is C21H22ClN5O4. The molecule has 162 valence electrons. The molecule has 2 aromatic heterocycles. The Bertz CT molecular complexity index is 1160. The third kappa shape index (κ3) is 2.74. The highest BCUT2D eigenvalue weighted by molar-refractivity contribution is 6.28. The monoisotopic (exact) mass is 443 g/mol. The molecule has 0 bridgehead atoms. The van der Waals surface area contributed by atoms with Gasteiger partial charge in [0, 0.05) is 18.5 Å². The molecule has 3 N–H and O–H groups in total. The number of hydrogen-bond donors (Lipinski definition) is 3. The molecule has 1 spiro atoms. The Morgan fingerprint density at radius 3 is 2.74 bits per heavy atom. The van der Waals surface area contributed by atoms with Gasteiger partial charge in [-0.25, -0.2) is 4.98 Å². The number of hydrogen-bond acceptors (Lipinski definition) is 8. The first-order chi connectivity index (χ1) is 15.0. The first kappa shape index (κ1) is 19.4. The Labute approximate surface area is 182 Å². The van der Waals surface area contributed by atoms with Crippen LogP contribution in [0.5, 0.6) is 0 Å². The van der Waals surface area contributed by atoms with Gasteiger partial charge in [0.05, 0.1) is 12.9 Å². The molecule has 6 rings (SSSR count). The van der Waals surface area contributed by atoms with Crippen LogP contribution in [0.3, 0.4) is 0 Å². The van der Waals surface area contributed by atoms with E-state index in [2.05, 4.69) is 44.1 Å². The summed E-state index contributed by atoms with van der Waals surface area (Å²) in [5.74, 6) is 0.649. The van der Waals surface area contributed by atoms with Crippen LogP contribution in [0.4, 0.5) is 5.82 Å². The lowest BCUT2D eigenvalue weighted by molar-refractivity contribution is -0.0511. The maximum Gasteiger partial charge on any atom is 0.226 e. The van der Waals surface area contributed by atoms with E-state index in [1.165, 1.54) is 22.0 Å². The Morgan fingerprint density at radius 2 is 1.97 bits per heavy atom. The molecule has 10 heteroatoms. The molecule has 31 heavy (non-hydrogen) atoms. The number of fused-ring (bicyclic) bond motifs is 3. The largest absolute Gasteiger partial charge is 0.394 e. The fourth-order valence-corrected chi connectivity index (χ4v) is 5.48. The van der Waals surface area contributed by atoms with E-state index in [1.807, 2.05) is 0 Å². The van der Waals surface area contributed by atoms with Crippen LogP contribution in [0.1, 0.15) is 23.8 Å². The van der Waals surface area contributed by atoms with Crippen molar-refractivity contribution in [3.05, 3.63) is 47.0 Å². The first-order valence-corrected chi connectivity index (χ1v) is 10.7. The summed E-state index contributed by atoms with van der Waals surface area (Å²) < 4.78 is 7.18. The van der Waals surface area contributed by atoms with Crippen molar-refractivity contribution in [3.63, 3.8) is 0 Å². The molecular weight excluding hydrogens is 422 g/mol. The Morgan fingerprint density at radius 1 is 1.16 bits per heavy atom. The zero-order valence-corrected chi connectivity index (χ0v) is 17.4. The summed E-state index contributed by atoms with van der Waals surface area (Å²) in [7, 11) is 0. The molecule has 0 amide bonds. The van der Waals surface area contributed by atoms with Gasteiger partial charge in [-0.2, -0.15) is 9.97 Å². The van der Waals surface area contributed by atoms with Crippen molar-refractivity contribution in [2.24, 2.45) is 0 Å². The summed E-state index contributed by atoms with van der Waals surface area (Å²) in [4.78, 5) is 15.4. The van der Waals surface area contributed by atoms with Crippen LogP contribution in [0.15, 0.2) is 30.6 Å². The summed E-state index contributed by atoms with van der Waals surface area (Å²) in [5.41, 5.74) is 3.94. The highest BCUT2D eigenvalue weighted by atomic mass is 35.5. The van der Waals surface area contributed by atoms with E-state index in [1.54, 1.807) is 0 Å². The van der Waals surface area contributed by atoms with Crippen molar-refractivity contribution in [1.82, 2.24) is 19.5 Å². The van der Waals surface area contributed by atoms with Crippen LogP contribution in [-0.4, -0.2) is 72.8 Å². The van der Waals surface area contributed by atoms with Crippen molar-refractivity contribution in [3.8, 4) is 0 Å². The van der Waals surface area contributed by atoms with Crippen LogP contribution in [-0.2, 0) is 16.6 Å². The Balaban J connectivity index is 1.34. The predicted octanol–water partition coefficient (Wildman–Crippen LogP) is 0.795. The number of benzene rings is 1. The molecule has 1 aliphatic carbocycles. The van der Waals surface area contributed by atoms with Crippen LogP contribution < -0.4 is 4.90 Å². The second kappa shape index (κ2) is 6.85. The number of aryl methyl sites for hydroxylation is 1. The van der Waals surface area contributed by atoms with Gasteiger partial charge in [-0.15, -0.1) is 0 Å². The van der Waals surface area contributed by atoms with Crippen molar-refractivity contribution in [2.75, 3.05) is 24.6 Å². The topological polar surface area (TPSA) is 117 Å². The van der Waals surface area contributed by atoms with Gasteiger partial charge in [0.25, 0.3) is 0 Å². The fourth-order valence-electron chi connectivity index (χ4n) is 5.32. The molecule has 2 aliphatic heterocycles. The lowest BCUT2D eigenvalue weighted by Crippen LogP contribution is -2.58. The minimum Gasteiger partial charge on any atom is -0.394 e. The normalized spacial score (nSPS) is 29.0. The van der Waals surface area contributed by atoms with Crippen LogP contribution in [0, 0.1) is 0 Å². The average Bonchev–Trinajstić information content (AvgIpc) is 3.41. The Kier molecular flexibility index (Phi) is 4.28. The molecule has 0 unspecified atom stereocenters. The lowest BCUT2D eigenvalue weighted by atomic mass is 9.75. The summed E-state index contributed by atoms with van der Waals surface area (Å²) >= 11 is 6.26. The lowest BCUT2D eigenvalue weighted by Gasteiger charge is -2.49. The molecule has 3 aromatic rings. The number of aromatic nitrogens is 4. The highest BCUT2D eigenvalue weighted by Crippen LogP contribution is 2.47. The van der Waals surface area contributed by atoms with Crippen molar-refractivity contribution in [1.29, 1.82) is 0 Å². The smallest absolute Gasteiger partial charge is 0.226 e. The molecule has 9 nitrogen and oxygen atoms in total. The quantitative estimate of drug-likeness (QED) is 0.509. The van der Waals surface area contributed by atoms with Gasteiger partial charge in [0.15, 0.2) is 23.2 Å². The van der Waals surface area contributed by atoms with Gasteiger partial charge in [-0.1, -0.05) is 24.3 Å². The number of ether oxygens (including phenoxy) is 1. The van der Waals surface area contributed by atoms with Crippen molar-refractivity contribution >= 4 is 28.6 Å². The van der Waals surface area contributed by atoms with Gasteiger partial charge in [0.2, 0.25) is 5.28 Å². The third-order valence-corrected chi connectivity index (χ3v) is 7.08. The molecule has 4 atom stereocenters. The Hall–Kier alpha value is -2.30. The van der Waals surface area contributed by atoms with E-state index < -0.39 is 31.1 Å². The SMILES string of the molecule is OC[C@H]1O[C@@H](n2cnc3c(N4CC5(CCc6ccccc65)C4)nc(Cl)nc32)[C@H](O)[C@@H]1O. The molecule has 2 fully saturated rings. The second-order valence-electron chi connectivity index (χ2n) is 8.66. The first-order valence-electron chi connectivity index (χ1n) is 10.4. The number of halogens is 1. The van der Waals surface area contributed by atoms with Gasteiger partial charge in [0.1, 0.15) is 18.3 Å². The molecule has 4 heterocycles. The van der Waals surface area contributed by atoms with E-state index >= 15 is 0 Å². The minimum absolute atomic E-state index is 0.0729. The number of anilines is 1. The number of aliphatic hydroxyl groups is 3. The van der Waals surface area contributed by atoms with Crippen LogP contribution >= 0.6 is 11.6 Å². The average molecular weight is 444 g/mol. The zero-order valence-electron chi connectivity index (χ0n) is 16.6. The molecule has 1 aromatic carbocycles. The number of nitrogens with zero attached hydrogens (tertiary/aromatic N) is 5. The van der Waals surface area contributed by atoms with Crippen molar-refractivity contribution < 1.29 is 20.1 Å². The van der Waals surface area contributed by atoms with Crippen LogP contribution in [0.2, 0.25) is 5.28 Å². The second-order valence-corrected chi connectivity index (χ2v) is 9.00. The van der Waals surface area contributed by atoms with Gasteiger partial charge >= 0.3 is 0 Å². The van der Waals surface area contributed by atoms with Gasteiger partial charge < -0.3 is 25.0 Å². The number of imidazole rings is 1. The van der Waals surface area contributed by atoms with E-state index in [-0.39, 0.29) is 10.7 Å². The number of aliphatic hydroxyl groups excluding tert-OH is 3. The summed E-state index contributed by atoms with van der Waals surface area (Å²) in [6.45, 7) is 1.25. The van der Waals surface area contributed by atoms with E-state index in [4.69, 9.17) is 16.3 Å². The minimum atomic E-state index is -1.23.